The lowest BCUT2D eigenvalue weighted by Crippen LogP contribution is -2.33. The van der Waals surface area contributed by atoms with E-state index in [-0.39, 0.29) is 5.91 Å². The number of thiophene rings is 1. The second kappa shape index (κ2) is 5.76. The van der Waals surface area contributed by atoms with Crippen molar-refractivity contribution in [2.45, 2.75) is 12.8 Å². The molecule has 2 aromatic rings. The molecule has 3 rings (SSSR count). The van der Waals surface area contributed by atoms with Gasteiger partial charge in [-0.15, -0.1) is 11.3 Å². The monoisotopic (exact) mass is 290 g/mol. The van der Waals surface area contributed by atoms with Crippen LogP contribution in [0.3, 0.4) is 0 Å². The third kappa shape index (κ3) is 2.62. The van der Waals surface area contributed by atoms with E-state index in [0.29, 0.717) is 17.1 Å². The molecule has 0 bridgehead atoms. The number of nitrogens with one attached hydrogen (secondary N) is 1. The van der Waals surface area contributed by atoms with Crippen molar-refractivity contribution in [3.63, 3.8) is 0 Å². The molecular formula is C14H18N4OS. The molecule has 0 unspecified atom stereocenters. The van der Waals surface area contributed by atoms with Gasteiger partial charge in [-0.25, -0.2) is 0 Å². The van der Waals surface area contributed by atoms with E-state index in [1.54, 1.807) is 12.4 Å². The molecule has 2 aromatic heterocycles. The van der Waals surface area contributed by atoms with E-state index in [1.165, 1.54) is 24.2 Å². The van der Waals surface area contributed by atoms with Crippen LogP contribution >= 0.6 is 11.3 Å². The van der Waals surface area contributed by atoms with E-state index in [4.69, 9.17) is 5.73 Å². The number of hydrogen-bond donors (Lipinski definition) is 2. The molecule has 0 saturated carbocycles. The highest BCUT2D eigenvalue weighted by atomic mass is 32.1. The molecule has 1 aliphatic rings. The minimum atomic E-state index is -0.0807. The number of amides is 1. The van der Waals surface area contributed by atoms with Crippen molar-refractivity contribution < 1.29 is 4.79 Å². The number of aromatic nitrogens is 1. The SMILES string of the molecule is Nc1c(C(=O)NCCN2CCCC2)sc2cnccc12. The first-order valence-electron chi connectivity index (χ1n) is 6.88. The normalized spacial score (nSPS) is 15.8. The molecule has 0 radical (unpaired) electrons. The summed E-state index contributed by atoms with van der Waals surface area (Å²) in [6.45, 7) is 3.88. The van der Waals surface area contributed by atoms with Crippen molar-refractivity contribution in [3.8, 4) is 0 Å². The fourth-order valence-electron chi connectivity index (χ4n) is 2.55. The summed E-state index contributed by atoms with van der Waals surface area (Å²) < 4.78 is 0.953. The van der Waals surface area contributed by atoms with Crippen LogP contribution in [-0.2, 0) is 0 Å². The second-order valence-corrected chi connectivity index (χ2v) is 6.07. The average molecular weight is 290 g/mol. The maximum atomic E-state index is 12.2. The molecule has 106 valence electrons. The number of carbonyl (C=O) groups excluding carboxylic acids is 1. The molecule has 1 saturated heterocycles. The zero-order valence-corrected chi connectivity index (χ0v) is 12.1. The van der Waals surface area contributed by atoms with Crippen LogP contribution in [0, 0.1) is 0 Å². The lowest BCUT2D eigenvalue weighted by Gasteiger charge is -2.14. The summed E-state index contributed by atoms with van der Waals surface area (Å²) in [6.07, 6.45) is 5.98. The van der Waals surface area contributed by atoms with Gasteiger partial charge >= 0.3 is 0 Å². The number of nitrogen functional groups attached to an aromatic ring is 1. The fourth-order valence-corrected chi connectivity index (χ4v) is 3.56. The smallest absolute Gasteiger partial charge is 0.263 e. The Morgan fingerprint density at radius 3 is 3.00 bits per heavy atom. The van der Waals surface area contributed by atoms with E-state index in [9.17, 15) is 4.79 Å². The summed E-state index contributed by atoms with van der Waals surface area (Å²) in [7, 11) is 0. The highest BCUT2D eigenvalue weighted by Crippen LogP contribution is 2.32. The molecule has 3 N–H and O–H groups in total. The van der Waals surface area contributed by atoms with Crippen molar-refractivity contribution in [2.75, 3.05) is 31.9 Å². The summed E-state index contributed by atoms with van der Waals surface area (Å²) in [5.74, 6) is -0.0807. The number of rotatable bonds is 4. The van der Waals surface area contributed by atoms with Crippen molar-refractivity contribution in [2.24, 2.45) is 0 Å². The molecular weight excluding hydrogens is 272 g/mol. The number of anilines is 1. The summed E-state index contributed by atoms with van der Waals surface area (Å²) >= 11 is 1.40. The molecule has 0 aromatic carbocycles. The third-order valence-electron chi connectivity index (χ3n) is 3.65. The Hall–Kier alpha value is -1.66. The van der Waals surface area contributed by atoms with Crippen molar-refractivity contribution in [1.29, 1.82) is 0 Å². The Morgan fingerprint density at radius 1 is 1.45 bits per heavy atom. The number of nitrogens with zero attached hydrogens (tertiary/aromatic N) is 2. The van der Waals surface area contributed by atoms with Crippen LogP contribution in [0.15, 0.2) is 18.5 Å². The van der Waals surface area contributed by atoms with E-state index < -0.39 is 0 Å². The first kappa shape index (κ1) is 13.3. The number of likely N-dealkylation sites (tertiary alicyclic amines) is 1. The van der Waals surface area contributed by atoms with Gasteiger partial charge in [0.15, 0.2) is 0 Å². The zero-order valence-electron chi connectivity index (χ0n) is 11.3. The molecule has 5 nitrogen and oxygen atoms in total. The van der Waals surface area contributed by atoms with Crippen molar-refractivity contribution in [1.82, 2.24) is 15.2 Å². The topological polar surface area (TPSA) is 71.2 Å². The van der Waals surface area contributed by atoms with E-state index in [2.05, 4.69) is 15.2 Å². The van der Waals surface area contributed by atoms with Crippen LogP contribution in [-0.4, -0.2) is 42.0 Å². The van der Waals surface area contributed by atoms with Gasteiger partial charge in [-0.3, -0.25) is 9.78 Å². The standard InChI is InChI=1S/C14H18N4OS/c15-12-10-3-4-16-9-11(10)20-13(12)14(19)17-5-8-18-6-1-2-7-18/h3-4,9H,1-2,5-8,15H2,(H,17,19). The molecule has 1 fully saturated rings. The molecule has 1 aliphatic heterocycles. The van der Waals surface area contributed by atoms with Gasteiger partial charge in [0.25, 0.3) is 5.91 Å². The van der Waals surface area contributed by atoms with Crippen LogP contribution in [0.25, 0.3) is 10.1 Å². The quantitative estimate of drug-likeness (QED) is 0.899. The summed E-state index contributed by atoms with van der Waals surface area (Å²) in [6, 6.07) is 1.85. The highest BCUT2D eigenvalue weighted by molar-refractivity contribution is 7.21. The van der Waals surface area contributed by atoms with Crippen molar-refractivity contribution in [3.05, 3.63) is 23.3 Å². The predicted molar refractivity (Wildman–Crippen MR) is 82.0 cm³/mol. The van der Waals surface area contributed by atoms with Crippen LogP contribution in [0.5, 0.6) is 0 Å². The lowest BCUT2D eigenvalue weighted by atomic mass is 10.2. The molecule has 0 aliphatic carbocycles. The average Bonchev–Trinajstić information content (AvgIpc) is 3.08. The van der Waals surface area contributed by atoms with Gasteiger partial charge in [-0.05, 0) is 32.0 Å². The number of hydrogen-bond acceptors (Lipinski definition) is 5. The fraction of sp³-hybridized carbons (Fsp3) is 0.429. The third-order valence-corrected chi connectivity index (χ3v) is 4.80. The van der Waals surface area contributed by atoms with Gasteiger partial charge < -0.3 is 16.0 Å². The van der Waals surface area contributed by atoms with Crippen LogP contribution in [0.1, 0.15) is 22.5 Å². The number of nitrogens with two attached hydrogens (primary N) is 1. The van der Waals surface area contributed by atoms with Crippen molar-refractivity contribution >= 4 is 33.0 Å². The van der Waals surface area contributed by atoms with Gasteiger partial charge in [0.05, 0.1) is 10.4 Å². The van der Waals surface area contributed by atoms with Gasteiger partial charge in [0.1, 0.15) is 4.88 Å². The van der Waals surface area contributed by atoms with Gasteiger partial charge in [-0.1, -0.05) is 0 Å². The number of pyridine rings is 1. The van der Waals surface area contributed by atoms with E-state index >= 15 is 0 Å². The number of carbonyl (C=O) groups is 1. The minimum Gasteiger partial charge on any atom is -0.397 e. The van der Waals surface area contributed by atoms with Crippen LogP contribution < -0.4 is 11.1 Å². The summed E-state index contributed by atoms with van der Waals surface area (Å²) in [5.41, 5.74) is 6.61. The Kier molecular flexibility index (Phi) is 3.84. The van der Waals surface area contributed by atoms with Gasteiger partial charge in [0, 0.05) is 30.9 Å². The predicted octanol–water partition coefficient (Wildman–Crippen LogP) is 1.70. The molecule has 0 spiro atoms. The van der Waals surface area contributed by atoms with E-state index in [1.807, 2.05) is 6.07 Å². The van der Waals surface area contributed by atoms with Crippen LogP contribution in [0.4, 0.5) is 5.69 Å². The summed E-state index contributed by atoms with van der Waals surface area (Å²) in [5, 5.41) is 3.87. The maximum absolute atomic E-state index is 12.2. The highest BCUT2D eigenvalue weighted by Gasteiger charge is 2.17. The zero-order chi connectivity index (χ0) is 13.9. The lowest BCUT2D eigenvalue weighted by molar-refractivity contribution is 0.0954. The first-order chi connectivity index (χ1) is 9.75. The Balaban J connectivity index is 1.64. The molecule has 6 heteroatoms. The van der Waals surface area contributed by atoms with Crippen LogP contribution in [0.2, 0.25) is 0 Å². The largest absolute Gasteiger partial charge is 0.397 e. The second-order valence-electron chi connectivity index (χ2n) is 5.02. The Bertz CT molecular complexity index is 619. The Morgan fingerprint density at radius 2 is 2.25 bits per heavy atom. The molecule has 0 atom stereocenters. The maximum Gasteiger partial charge on any atom is 0.263 e. The minimum absolute atomic E-state index is 0.0807. The van der Waals surface area contributed by atoms with E-state index in [0.717, 1.165) is 29.7 Å². The molecule has 20 heavy (non-hydrogen) atoms. The van der Waals surface area contributed by atoms with Gasteiger partial charge in [0.2, 0.25) is 0 Å². The summed E-state index contributed by atoms with van der Waals surface area (Å²) in [4.78, 5) is 19.2. The molecule has 1 amide bonds. The number of fused-ring (bicyclic) bond motifs is 1. The first-order valence-corrected chi connectivity index (χ1v) is 7.70. The Labute approximate surface area is 121 Å². The molecule has 3 heterocycles. The van der Waals surface area contributed by atoms with Gasteiger partial charge in [-0.2, -0.15) is 0 Å².